The molecule has 1 aliphatic rings. The summed E-state index contributed by atoms with van der Waals surface area (Å²) in [6.07, 6.45) is 4.74. The zero-order valence-electron chi connectivity index (χ0n) is 11.4. The van der Waals surface area contributed by atoms with Crippen LogP contribution in [0.15, 0.2) is 30.7 Å². The van der Waals surface area contributed by atoms with Crippen LogP contribution in [0.4, 0.5) is 5.69 Å². The normalized spacial score (nSPS) is 16.3. The van der Waals surface area contributed by atoms with Crippen LogP contribution in [0.25, 0.3) is 5.69 Å². The van der Waals surface area contributed by atoms with E-state index in [1.54, 1.807) is 0 Å². The standard InChI is InChI=1S/C15H17N3O/c1-4-10-8-18(9-16-10)11-5-6-12-13(7-11)17-14(19)15(12,2)3/h5-9H,4H2,1-3H3,(H,17,19). The summed E-state index contributed by atoms with van der Waals surface area (Å²) in [4.78, 5) is 16.2. The van der Waals surface area contributed by atoms with Crippen LogP contribution in [0.3, 0.4) is 0 Å². The first-order valence-electron chi connectivity index (χ1n) is 6.51. The molecule has 0 saturated carbocycles. The summed E-state index contributed by atoms with van der Waals surface area (Å²) in [5, 5.41) is 2.95. The molecule has 0 saturated heterocycles. The van der Waals surface area contributed by atoms with E-state index < -0.39 is 5.41 Å². The van der Waals surface area contributed by atoms with Crippen LogP contribution in [-0.4, -0.2) is 15.5 Å². The fraction of sp³-hybridized carbons (Fsp3) is 0.333. The van der Waals surface area contributed by atoms with Gasteiger partial charge in [-0.15, -0.1) is 0 Å². The number of nitrogens with zero attached hydrogens (tertiary/aromatic N) is 2. The molecule has 0 atom stereocenters. The Balaban J connectivity index is 2.04. The van der Waals surface area contributed by atoms with E-state index in [2.05, 4.69) is 17.2 Å². The quantitative estimate of drug-likeness (QED) is 0.896. The smallest absolute Gasteiger partial charge is 0.234 e. The Morgan fingerprint density at radius 2 is 2.16 bits per heavy atom. The van der Waals surface area contributed by atoms with Gasteiger partial charge in [-0.05, 0) is 38.0 Å². The molecule has 4 heteroatoms. The lowest BCUT2D eigenvalue weighted by molar-refractivity contribution is -0.119. The Labute approximate surface area is 112 Å². The molecular weight excluding hydrogens is 238 g/mol. The highest BCUT2D eigenvalue weighted by molar-refractivity contribution is 6.05. The second-order valence-corrected chi connectivity index (χ2v) is 5.43. The summed E-state index contributed by atoms with van der Waals surface area (Å²) in [6, 6.07) is 6.05. The third-order valence-electron chi connectivity index (χ3n) is 3.79. The Morgan fingerprint density at radius 1 is 1.37 bits per heavy atom. The Hall–Kier alpha value is -2.10. The van der Waals surface area contributed by atoms with Gasteiger partial charge < -0.3 is 9.88 Å². The van der Waals surface area contributed by atoms with Crippen molar-refractivity contribution in [2.45, 2.75) is 32.6 Å². The van der Waals surface area contributed by atoms with Gasteiger partial charge in [0, 0.05) is 17.6 Å². The number of carbonyl (C=O) groups is 1. The molecule has 0 radical (unpaired) electrons. The molecule has 0 fully saturated rings. The Bertz CT molecular complexity index is 655. The van der Waals surface area contributed by atoms with Crippen molar-refractivity contribution in [2.75, 3.05) is 5.32 Å². The average Bonchev–Trinajstić information content (AvgIpc) is 2.94. The van der Waals surface area contributed by atoms with Gasteiger partial charge in [-0.3, -0.25) is 4.79 Å². The molecule has 1 amide bonds. The highest BCUT2D eigenvalue weighted by Gasteiger charge is 2.38. The Kier molecular flexibility index (Phi) is 2.49. The first kappa shape index (κ1) is 12.0. The van der Waals surface area contributed by atoms with E-state index in [0.717, 1.165) is 29.1 Å². The topological polar surface area (TPSA) is 46.9 Å². The van der Waals surface area contributed by atoms with Crippen LogP contribution < -0.4 is 5.32 Å². The molecule has 1 aliphatic heterocycles. The minimum atomic E-state index is -0.447. The van der Waals surface area contributed by atoms with Gasteiger partial charge in [-0.2, -0.15) is 0 Å². The SMILES string of the molecule is CCc1cn(-c2ccc3c(c2)NC(=O)C3(C)C)cn1. The first-order valence-corrected chi connectivity index (χ1v) is 6.51. The number of aryl methyl sites for hydroxylation is 1. The lowest BCUT2D eigenvalue weighted by Crippen LogP contribution is -2.26. The van der Waals surface area contributed by atoms with Gasteiger partial charge in [0.2, 0.25) is 5.91 Å². The molecule has 1 aromatic heterocycles. The number of benzene rings is 1. The summed E-state index contributed by atoms with van der Waals surface area (Å²) in [5.74, 6) is 0.0551. The Morgan fingerprint density at radius 3 is 2.84 bits per heavy atom. The van der Waals surface area contributed by atoms with Crippen molar-refractivity contribution < 1.29 is 4.79 Å². The number of amides is 1. The number of fused-ring (bicyclic) bond motifs is 1. The highest BCUT2D eigenvalue weighted by Crippen LogP contribution is 2.38. The van der Waals surface area contributed by atoms with E-state index >= 15 is 0 Å². The van der Waals surface area contributed by atoms with E-state index in [0.29, 0.717) is 0 Å². The number of nitrogens with one attached hydrogen (secondary N) is 1. The van der Waals surface area contributed by atoms with Gasteiger partial charge in [0.05, 0.1) is 17.4 Å². The number of carbonyl (C=O) groups excluding carboxylic acids is 1. The molecule has 19 heavy (non-hydrogen) atoms. The first-order chi connectivity index (χ1) is 9.02. The van der Waals surface area contributed by atoms with Crippen molar-refractivity contribution in [2.24, 2.45) is 0 Å². The monoisotopic (exact) mass is 255 g/mol. The molecule has 0 spiro atoms. The predicted octanol–water partition coefficient (Wildman–Crippen LogP) is 2.66. The fourth-order valence-electron chi connectivity index (χ4n) is 2.43. The number of hydrogen-bond acceptors (Lipinski definition) is 2. The van der Waals surface area contributed by atoms with E-state index in [9.17, 15) is 4.79 Å². The third kappa shape index (κ3) is 1.75. The van der Waals surface area contributed by atoms with Gasteiger partial charge in [-0.1, -0.05) is 13.0 Å². The molecule has 4 nitrogen and oxygen atoms in total. The largest absolute Gasteiger partial charge is 0.325 e. The molecule has 98 valence electrons. The molecular formula is C15H17N3O. The number of aromatic nitrogens is 2. The van der Waals surface area contributed by atoms with E-state index in [4.69, 9.17) is 0 Å². The van der Waals surface area contributed by atoms with Crippen LogP contribution in [0.2, 0.25) is 0 Å². The van der Waals surface area contributed by atoms with Crippen LogP contribution in [0.5, 0.6) is 0 Å². The lowest BCUT2D eigenvalue weighted by Gasteiger charge is -2.15. The zero-order valence-corrected chi connectivity index (χ0v) is 11.4. The molecule has 0 unspecified atom stereocenters. The van der Waals surface area contributed by atoms with E-state index in [-0.39, 0.29) is 5.91 Å². The minimum Gasteiger partial charge on any atom is -0.325 e. The van der Waals surface area contributed by atoms with Crippen molar-refractivity contribution >= 4 is 11.6 Å². The maximum atomic E-state index is 11.9. The van der Waals surface area contributed by atoms with Gasteiger partial charge in [0.15, 0.2) is 0 Å². The summed E-state index contributed by atoms with van der Waals surface area (Å²) >= 11 is 0. The number of anilines is 1. The van der Waals surface area contributed by atoms with Crippen LogP contribution in [0, 0.1) is 0 Å². The summed E-state index contributed by atoms with van der Waals surface area (Å²) in [5.41, 5.74) is 3.59. The van der Waals surface area contributed by atoms with Gasteiger partial charge in [0.25, 0.3) is 0 Å². The van der Waals surface area contributed by atoms with Crippen molar-refractivity contribution in [3.8, 4) is 5.69 Å². The van der Waals surface area contributed by atoms with E-state index in [1.165, 1.54) is 0 Å². The fourth-order valence-corrected chi connectivity index (χ4v) is 2.43. The molecule has 2 heterocycles. The minimum absolute atomic E-state index is 0.0551. The molecule has 3 rings (SSSR count). The second kappa shape index (κ2) is 3.95. The van der Waals surface area contributed by atoms with Gasteiger partial charge in [-0.25, -0.2) is 4.98 Å². The van der Waals surface area contributed by atoms with Gasteiger partial charge >= 0.3 is 0 Å². The van der Waals surface area contributed by atoms with Crippen molar-refractivity contribution in [1.29, 1.82) is 0 Å². The van der Waals surface area contributed by atoms with Gasteiger partial charge in [0.1, 0.15) is 0 Å². The zero-order chi connectivity index (χ0) is 13.6. The molecule has 2 aromatic rings. The van der Waals surface area contributed by atoms with Crippen molar-refractivity contribution in [1.82, 2.24) is 9.55 Å². The van der Waals surface area contributed by atoms with Crippen LogP contribution in [-0.2, 0) is 16.6 Å². The second-order valence-electron chi connectivity index (χ2n) is 5.43. The highest BCUT2D eigenvalue weighted by atomic mass is 16.2. The molecule has 1 N–H and O–H groups in total. The molecule has 1 aromatic carbocycles. The average molecular weight is 255 g/mol. The van der Waals surface area contributed by atoms with Crippen LogP contribution in [0.1, 0.15) is 32.0 Å². The number of hydrogen-bond donors (Lipinski definition) is 1. The summed E-state index contributed by atoms with van der Waals surface area (Å²) in [6.45, 7) is 5.97. The number of rotatable bonds is 2. The molecule has 0 aliphatic carbocycles. The van der Waals surface area contributed by atoms with E-state index in [1.807, 2.05) is 49.1 Å². The predicted molar refractivity (Wildman–Crippen MR) is 74.6 cm³/mol. The van der Waals surface area contributed by atoms with Crippen molar-refractivity contribution in [3.05, 3.63) is 42.0 Å². The summed E-state index contributed by atoms with van der Waals surface area (Å²) in [7, 11) is 0. The van der Waals surface area contributed by atoms with Crippen molar-refractivity contribution in [3.63, 3.8) is 0 Å². The lowest BCUT2D eigenvalue weighted by atomic mass is 9.86. The summed E-state index contributed by atoms with van der Waals surface area (Å²) < 4.78 is 1.98. The number of imidazole rings is 1. The molecule has 0 bridgehead atoms. The maximum absolute atomic E-state index is 11.9. The van der Waals surface area contributed by atoms with Crippen LogP contribution >= 0.6 is 0 Å². The third-order valence-corrected chi connectivity index (χ3v) is 3.79. The maximum Gasteiger partial charge on any atom is 0.234 e.